The van der Waals surface area contributed by atoms with Crippen molar-refractivity contribution >= 4 is 35.3 Å². The van der Waals surface area contributed by atoms with Crippen LogP contribution in [-0.2, 0) is 4.79 Å². The van der Waals surface area contributed by atoms with Gasteiger partial charge in [-0.05, 0) is 54.9 Å². The van der Waals surface area contributed by atoms with Crippen molar-refractivity contribution in [2.75, 3.05) is 18.6 Å². The molecule has 0 aliphatic carbocycles. The number of benzene rings is 1. The molecule has 0 spiro atoms. The predicted molar refractivity (Wildman–Crippen MR) is 124 cm³/mol. The fourth-order valence-electron chi connectivity index (χ4n) is 2.47. The third-order valence-corrected chi connectivity index (χ3v) is 4.84. The molecule has 0 saturated carbocycles. The second kappa shape index (κ2) is 13.9. The van der Waals surface area contributed by atoms with E-state index in [-0.39, 0.29) is 63.3 Å². The number of carbonyl (C=O) groups is 1. The van der Waals surface area contributed by atoms with E-state index in [0.29, 0.717) is 5.57 Å². The zero-order valence-corrected chi connectivity index (χ0v) is 22.2. The number of nitrogens with one attached hydrogen (secondary N) is 2. The summed E-state index contributed by atoms with van der Waals surface area (Å²) in [4.78, 5) is 17.7. The molecule has 1 unspecified atom stereocenters. The van der Waals surface area contributed by atoms with Crippen molar-refractivity contribution in [2.45, 2.75) is 19.9 Å². The minimum absolute atomic E-state index is 0. The standard InChI is InChI=1S/C23H27N4OS.K/c1-6-19(11-10-17(2)29-5)23(28)26-21-9-7-8-20(14-21)18(3)24-12-13-25-22-15-27(4)16-22;/h6-11,13-16,18,24H,2H2,1,3-5H3,(H,26,28);/q-1;+1/b11-10-,19-6+;. The molecule has 1 atom stereocenters. The second-order valence-corrected chi connectivity index (χ2v) is 7.38. The van der Waals surface area contributed by atoms with Crippen LogP contribution in [0.15, 0.2) is 70.7 Å². The van der Waals surface area contributed by atoms with Gasteiger partial charge in [0.05, 0.1) is 18.5 Å². The Hall–Kier alpha value is -1.35. The number of allylic oxidation sites excluding steroid dienone is 2. The van der Waals surface area contributed by atoms with Crippen molar-refractivity contribution in [3.05, 3.63) is 84.1 Å². The number of amides is 1. The summed E-state index contributed by atoms with van der Waals surface area (Å²) in [7, 11) is 1.95. The monoisotopic (exact) mass is 446 g/mol. The van der Waals surface area contributed by atoms with Crippen LogP contribution in [0.1, 0.15) is 25.5 Å². The number of nitrogens with zero attached hydrogens (tertiary/aromatic N) is 2. The fraction of sp³-hybridized carbons (Fsp3) is 0.217. The van der Waals surface area contributed by atoms with Crippen molar-refractivity contribution in [1.82, 2.24) is 5.32 Å². The molecule has 5 nitrogen and oxygen atoms in total. The molecule has 1 aromatic carbocycles. The van der Waals surface area contributed by atoms with Crippen LogP contribution in [0.5, 0.6) is 0 Å². The summed E-state index contributed by atoms with van der Waals surface area (Å²) in [6, 6.07) is 7.76. The molecule has 1 amide bonds. The third-order valence-electron chi connectivity index (χ3n) is 4.18. The minimum atomic E-state index is -0.157. The fourth-order valence-corrected chi connectivity index (χ4v) is 2.67. The summed E-state index contributed by atoms with van der Waals surface area (Å²) in [6.07, 6.45) is 13.9. The summed E-state index contributed by atoms with van der Waals surface area (Å²) in [5.41, 5.74) is 3.27. The average molecular weight is 447 g/mol. The van der Waals surface area contributed by atoms with Crippen LogP contribution in [-0.4, -0.2) is 35.7 Å². The molecule has 0 saturated heterocycles. The summed E-state index contributed by atoms with van der Waals surface area (Å²) >= 11 is 1.54. The molecule has 152 valence electrons. The van der Waals surface area contributed by atoms with Crippen LogP contribution in [0, 0.1) is 12.7 Å². The first-order chi connectivity index (χ1) is 13.9. The Bertz CT molecular complexity index is 916. The van der Waals surface area contributed by atoms with Gasteiger partial charge in [0.25, 0.3) is 5.91 Å². The summed E-state index contributed by atoms with van der Waals surface area (Å²) in [5, 5.41) is 6.11. The van der Waals surface area contributed by atoms with E-state index in [2.05, 4.69) is 28.4 Å². The van der Waals surface area contributed by atoms with Gasteiger partial charge in [-0.3, -0.25) is 4.79 Å². The van der Waals surface area contributed by atoms with Gasteiger partial charge < -0.3 is 26.4 Å². The Kier molecular flexibility index (Phi) is 12.3. The van der Waals surface area contributed by atoms with Crippen LogP contribution in [0.3, 0.4) is 0 Å². The number of rotatable bonds is 9. The molecule has 30 heavy (non-hydrogen) atoms. The van der Waals surface area contributed by atoms with E-state index in [1.807, 2.05) is 74.8 Å². The van der Waals surface area contributed by atoms with Crippen LogP contribution in [0.4, 0.5) is 5.69 Å². The van der Waals surface area contributed by atoms with E-state index < -0.39 is 0 Å². The van der Waals surface area contributed by atoms with E-state index in [0.717, 1.165) is 21.9 Å². The Balaban J connectivity index is 0.00000450. The largest absolute Gasteiger partial charge is 1.00 e. The maximum atomic E-state index is 12.5. The van der Waals surface area contributed by atoms with Gasteiger partial charge in [0, 0.05) is 17.3 Å². The number of thioether (sulfide) groups is 1. The molecule has 0 radical (unpaired) electrons. The van der Waals surface area contributed by atoms with Gasteiger partial charge in [-0.2, -0.15) is 0 Å². The van der Waals surface area contributed by atoms with E-state index in [1.54, 1.807) is 30.1 Å². The molecule has 1 aliphatic heterocycles. The van der Waals surface area contributed by atoms with E-state index in [1.165, 1.54) is 0 Å². The SMILES string of the molecule is C=C(/C=C\C(=C/C)C(=O)Nc1cccc(C(C)N[C-]=CN=C2C=[N+](C)[CH-]2)c1)SC.[K+]. The van der Waals surface area contributed by atoms with Gasteiger partial charge >= 0.3 is 51.4 Å². The molecule has 1 aromatic rings. The molecule has 1 aliphatic rings. The quantitative estimate of drug-likeness (QED) is 0.150. The first-order valence-electron chi connectivity index (χ1n) is 9.23. The molecule has 0 bridgehead atoms. The van der Waals surface area contributed by atoms with E-state index >= 15 is 0 Å². The smallest absolute Gasteiger partial charge is 0.560 e. The number of carbonyl (C=O) groups excluding carboxylic acids is 1. The zero-order valence-electron chi connectivity index (χ0n) is 18.3. The topological polar surface area (TPSA) is 56.5 Å². The number of hydrogen-bond acceptors (Lipinski definition) is 4. The van der Waals surface area contributed by atoms with Crippen LogP contribution < -0.4 is 62.0 Å². The van der Waals surface area contributed by atoms with Crippen molar-refractivity contribution in [2.24, 2.45) is 4.99 Å². The van der Waals surface area contributed by atoms with Crippen LogP contribution >= 0.6 is 11.8 Å². The number of hydrogen-bond donors (Lipinski definition) is 2. The molecule has 1 heterocycles. The van der Waals surface area contributed by atoms with Gasteiger partial charge in [-0.1, -0.05) is 24.8 Å². The normalized spacial score (nSPS) is 15.8. The van der Waals surface area contributed by atoms with E-state index in [4.69, 9.17) is 0 Å². The van der Waals surface area contributed by atoms with Crippen molar-refractivity contribution in [3.8, 4) is 0 Å². The van der Waals surface area contributed by atoms with Crippen molar-refractivity contribution < 1.29 is 60.8 Å². The van der Waals surface area contributed by atoms with Crippen molar-refractivity contribution in [1.29, 1.82) is 0 Å². The maximum Gasteiger partial charge on any atom is 1.00 e. The zero-order chi connectivity index (χ0) is 21.2. The number of anilines is 1. The molecular weight excluding hydrogens is 419 g/mol. The minimum Gasteiger partial charge on any atom is -0.560 e. The Morgan fingerprint density at radius 1 is 1.40 bits per heavy atom. The molecule has 2 N–H and O–H groups in total. The molecule has 0 fully saturated rings. The first kappa shape index (κ1) is 26.7. The van der Waals surface area contributed by atoms with Crippen LogP contribution in [0.2, 0.25) is 0 Å². The summed E-state index contributed by atoms with van der Waals surface area (Å²) in [5.74, 6) is -0.157. The second-order valence-electron chi connectivity index (χ2n) is 6.44. The molecule has 0 aromatic heterocycles. The number of aliphatic imine (C=N–C) groups is 1. The first-order valence-corrected chi connectivity index (χ1v) is 10.5. The molecule has 7 heteroatoms. The molecule has 2 rings (SSSR count). The summed E-state index contributed by atoms with van der Waals surface area (Å²) < 4.78 is 1.94. The van der Waals surface area contributed by atoms with Gasteiger partial charge in [-0.25, -0.2) is 0 Å². The van der Waals surface area contributed by atoms with Crippen molar-refractivity contribution in [3.63, 3.8) is 0 Å². The maximum absolute atomic E-state index is 12.5. The predicted octanol–water partition coefficient (Wildman–Crippen LogP) is 1.26. The molecular formula is C23H27KN4OS. The van der Waals surface area contributed by atoms with Gasteiger partial charge in [0.15, 0.2) is 0 Å². The average Bonchev–Trinajstić information content (AvgIpc) is 2.69. The van der Waals surface area contributed by atoms with E-state index in [9.17, 15) is 4.79 Å². The third kappa shape index (κ3) is 8.79. The van der Waals surface area contributed by atoms with Gasteiger partial charge in [-0.15, -0.1) is 18.0 Å². The van der Waals surface area contributed by atoms with Gasteiger partial charge in [0.2, 0.25) is 0 Å². The Morgan fingerprint density at radius 3 is 2.77 bits per heavy atom. The summed E-state index contributed by atoms with van der Waals surface area (Å²) in [6.45, 7) is 9.69. The van der Waals surface area contributed by atoms with Crippen LogP contribution in [0.25, 0.3) is 0 Å². The van der Waals surface area contributed by atoms with Gasteiger partial charge in [0.1, 0.15) is 7.05 Å². The Labute approximate surface area is 226 Å². The Morgan fingerprint density at radius 2 is 2.13 bits per heavy atom.